The second-order valence-electron chi connectivity index (χ2n) is 5.76. The van der Waals surface area contributed by atoms with Crippen LogP contribution in [0.2, 0.25) is 0 Å². The second kappa shape index (κ2) is 7.63. The first kappa shape index (κ1) is 19.2. The summed E-state index contributed by atoms with van der Waals surface area (Å²) in [5.74, 6) is 0.676. The summed E-state index contributed by atoms with van der Waals surface area (Å²) >= 11 is 0. The van der Waals surface area contributed by atoms with E-state index in [1.54, 1.807) is 27.3 Å². The molecule has 1 rings (SSSR count). The van der Waals surface area contributed by atoms with E-state index in [0.29, 0.717) is 5.69 Å². The van der Waals surface area contributed by atoms with Gasteiger partial charge in [0.05, 0.1) is 25.1 Å². The minimum absolute atomic E-state index is 0.0768. The Labute approximate surface area is 138 Å². The topological polar surface area (TPSA) is 88.6 Å². The fraction of sp³-hybridized carbons (Fsp3) is 0.600. The van der Waals surface area contributed by atoms with Gasteiger partial charge in [0.1, 0.15) is 15.6 Å². The minimum Gasteiger partial charge on any atom is -0.496 e. The molecule has 0 aliphatic heterocycles. The van der Waals surface area contributed by atoms with Crippen molar-refractivity contribution in [2.45, 2.75) is 33.4 Å². The van der Waals surface area contributed by atoms with Gasteiger partial charge in [-0.25, -0.2) is 13.2 Å². The Morgan fingerprint density at radius 1 is 1.43 bits per heavy atom. The molecule has 0 fully saturated rings. The van der Waals surface area contributed by atoms with Crippen LogP contribution in [0.1, 0.15) is 23.7 Å². The molecule has 1 atom stereocenters. The Morgan fingerprint density at radius 3 is 2.57 bits per heavy atom. The van der Waals surface area contributed by atoms with Gasteiger partial charge < -0.3 is 15.0 Å². The number of aromatic nitrogens is 1. The third kappa shape index (κ3) is 5.38. The molecule has 1 aromatic rings. The molecule has 7 nitrogen and oxygen atoms in total. The van der Waals surface area contributed by atoms with E-state index < -0.39 is 15.9 Å². The van der Waals surface area contributed by atoms with Gasteiger partial charge in [-0.2, -0.15) is 0 Å². The van der Waals surface area contributed by atoms with Gasteiger partial charge in [-0.05, 0) is 20.8 Å². The summed E-state index contributed by atoms with van der Waals surface area (Å²) in [5, 5.41) is 2.75. The molecule has 8 heteroatoms. The van der Waals surface area contributed by atoms with Gasteiger partial charge in [-0.15, -0.1) is 0 Å². The number of hydrogen-bond acceptors (Lipinski definition) is 5. The number of nitrogens with one attached hydrogen (secondary N) is 1. The summed E-state index contributed by atoms with van der Waals surface area (Å²) in [6.45, 7) is 5.73. The van der Waals surface area contributed by atoms with Crippen LogP contribution in [-0.4, -0.2) is 56.5 Å². The Bertz CT molecular complexity index is 674. The van der Waals surface area contributed by atoms with Crippen molar-refractivity contribution in [3.05, 3.63) is 23.0 Å². The molecule has 1 unspecified atom stereocenters. The van der Waals surface area contributed by atoms with E-state index in [4.69, 9.17) is 4.74 Å². The zero-order chi connectivity index (χ0) is 17.8. The van der Waals surface area contributed by atoms with Gasteiger partial charge in [-0.3, -0.25) is 4.98 Å². The molecular formula is C15H25N3O4S. The number of carbonyl (C=O) groups is 1. The van der Waals surface area contributed by atoms with Gasteiger partial charge in [0.25, 0.3) is 0 Å². The number of ether oxygens (including phenoxy) is 1. The monoisotopic (exact) mass is 343 g/mol. The highest BCUT2D eigenvalue weighted by atomic mass is 32.2. The number of sulfone groups is 1. The number of methoxy groups -OCH3 is 1. The lowest BCUT2D eigenvalue weighted by Crippen LogP contribution is -2.44. The number of hydrogen-bond donors (Lipinski definition) is 1. The highest BCUT2D eigenvalue weighted by Gasteiger charge is 2.20. The molecular weight excluding hydrogens is 318 g/mol. The number of pyridine rings is 1. The predicted octanol–water partition coefficient (Wildman–Crippen LogP) is 1.28. The highest BCUT2D eigenvalue weighted by Crippen LogP contribution is 2.23. The van der Waals surface area contributed by atoms with Gasteiger partial charge in [0.15, 0.2) is 0 Å². The molecule has 23 heavy (non-hydrogen) atoms. The molecule has 0 saturated carbocycles. The van der Waals surface area contributed by atoms with Crippen LogP contribution in [0.5, 0.6) is 5.75 Å². The normalized spacial score (nSPS) is 12.6. The lowest BCUT2D eigenvalue weighted by Gasteiger charge is -2.24. The summed E-state index contributed by atoms with van der Waals surface area (Å²) in [5.41, 5.74) is 2.52. The van der Waals surface area contributed by atoms with Crippen molar-refractivity contribution < 1.29 is 17.9 Å². The first-order valence-electron chi connectivity index (χ1n) is 7.24. The van der Waals surface area contributed by atoms with Gasteiger partial charge in [-0.1, -0.05) is 0 Å². The summed E-state index contributed by atoms with van der Waals surface area (Å²) < 4.78 is 28.0. The van der Waals surface area contributed by atoms with Gasteiger partial charge in [0, 0.05) is 36.7 Å². The van der Waals surface area contributed by atoms with Crippen LogP contribution in [-0.2, 0) is 16.4 Å². The van der Waals surface area contributed by atoms with E-state index >= 15 is 0 Å². The minimum atomic E-state index is -3.14. The second-order valence-corrected chi connectivity index (χ2v) is 7.94. The molecule has 0 aliphatic rings. The van der Waals surface area contributed by atoms with Crippen molar-refractivity contribution in [2.24, 2.45) is 0 Å². The van der Waals surface area contributed by atoms with E-state index in [0.717, 1.165) is 23.1 Å². The van der Waals surface area contributed by atoms with Gasteiger partial charge in [0.2, 0.25) is 0 Å². The standard InChI is InChI=1S/C15H25N3O4S/c1-10-7-16-13(12(3)14(10)22-5)8-17-15(19)18(4)11(2)9-23(6,20)21/h7,11H,8-9H2,1-6H3,(H,17,19). The molecule has 2 amide bonds. The maximum Gasteiger partial charge on any atom is 0.317 e. The Balaban J connectivity index is 2.73. The molecule has 0 aliphatic carbocycles. The van der Waals surface area contributed by atoms with E-state index in [1.165, 1.54) is 4.90 Å². The van der Waals surface area contributed by atoms with Crippen LogP contribution in [0.15, 0.2) is 6.20 Å². The average Bonchev–Trinajstić information content (AvgIpc) is 2.44. The van der Waals surface area contributed by atoms with Crippen LogP contribution in [0.25, 0.3) is 0 Å². The molecule has 0 aromatic carbocycles. The van der Waals surface area contributed by atoms with E-state index in [-0.39, 0.29) is 18.3 Å². The maximum atomic E-state index is 12.1. The lowest BCUT2D eigenvalue weighted by atomic mass is 10.1. The molecule has 0 saturated heterocycles. The summed E-state index contributed by atoms with van der Waals surface area (Å²) in [7, 11) is 0.0262. The van der Waals surface area contributed by atoms with Crippen LogP contribution in [0.3, 0.4) is 0 Å². The van der Waals surface area contributed by atoms with Crippen LogP contribution in [0.4, 0.5) is 4.79 Å². The first-order valence-corrected chi connectivity index (χ1v) is 9.30. The number of carbonyl (C=O) groups excluding carboxylic acids is 1. The summed E-state index contributed by atoms with van der Waals surface area (Å²) in [4.78, 5) is 17.8. The number of rotatable bonds is 6. The van der Waals surface area contributed by atoms with E-state index in [1.807, 2.05) is 13.8 Å². The molecule has 0 spiro atoms. The Kier molecular flexibility index (Phi) is 6.37. The smallest absolute Gasteiger partial charge is 0.317 e. The van der Waals surface area contributed by atoms with Crippen molar-refractivity contribution in [1.82, 2.24) is 15.2 Å². The van der Waals surface area contributed by atoms with E-state index in [2.05, 4.69) is 10.3 Å². The number of nitrogens with zero attached hydrogens (tertiary/aromatic N) is 2. The lowest BCUT2D eigenvalue weighted by molar-refractivity contribution is 0.197. The van der Waals surface area contributed by atoms with E-state index in [9.17, 15) is 13.2 Å². The Hall–Kier alpha value is -1.83. The zero-order valence-corrected chi connectivity index (χ0v) is 15.3. The highest BCUT2D eigenvalue weighted by molar-refractivity contribution is 7.90. The van der Waals surface area contributed by atoms with Crippen molar-refractivity contribution in [1.29, 1.82) is 0 Å². The van der Waals surface area contributed by atoms with Crippen LogP contribution >= 0.6 is 0 Å². The third-order valence-electron chi connectivity index (χ3n) is 3.68. The largest absolute Gasteiger partial charge is 0.496 e. The number of amides is 2. The molecule has 0 bridgehead atoms. The van der Waals surface area contributed by atoms with Crippen molar-refractivity contribution in [3.63, 3.8) is 0 Å². The van der Waals surface area contributed by atoms with Crippen LogP contribution < -0.4 is 10.1 Å². The summed E-state index contributed by atoms with van der Waals surface area (Å²) in [6.07, 6.45) is 2.85. The van der Waals surface area contributed by atoms with Crippen molar-refractivity contribution in [2.75, 3.05) is 26.2 Å². The number of urea groups is 1. The quantitative estimate of drug-likeness (QED) is 0.840. The van der Waals surface area contributed by atoms with Crippen molar-refractivity contribution in [3.8, 4) is 5.75 Å². The maximum absolute atomic E-state index is 12.1. The molecule has 1 N–H and O–H groups in total. The molecule has 0 radical (unpaired) electrons. The van der Waals surface area contributed by atoms with Crippen LogP contribution in [0, 0.1) is 13.8 Å². The fourth-order valence-corrected chi connectivity index (χ4v) is 3.38. The Morgan fingerprint density at radius 2 is 2.04 bits per heavy atom. The average molecular weight is 343 g/mol. The number of aryl methyl sites for hydroxylation is 1. The fourth-order valence-electron chi connectivity index (χ4n) is 2.28. The molecule has 1 heterocycles. The van der Waals surface area contributed by atoms with Gasteiger partial charge >= 0.3 is 6.03 Å². The predicted molar refractivity (Wildman–Crippen MR) is 89.4 cm³/mol. The SMILES string of the molecule is COc1c(C)cnc(CNC(=O)N(C)C(C)CS(C)(=O)=O)c1C. The van der Waals surface area contributed by atoms with Crippen molar-refractivity contribution >= 4 is 15.9 Å². The molecule has 130 valence electrons. The summed E-state index contributed by atoms with van der Waals surface area (Å²) in [6, 6.07) is -0.756. The molecule has 1 aromatic heterocycles. The first-order chi connectivity index (χ1) is 10.6. The third-order valence-corrected chi connectivity index (χ3v) is 4.77. The zero-order valence-electron chi connectivity index (χ0n) is 14.5.